The Hall–Kier alpha value is -8.29. The second-order valence-corrected chi connectivity index (χ2v) is 14.7. The SMILES string of the molecule is C=C(/N=C(\C=C(/N)c1ccccc1)c1ccccc1)c1cc(-c2nc(-c3ccccc3)cc(-c3ccccc3)n2)nc(-n2c3ccc(F)cc3c3c4ccccc4ccc32)c1. The smallest absolute Gasteiger partial charge is 0.179 e. The van der Waals surface area contributed by atoms with Crippen LogP contribution in [-0.2, 0) is 0 Å². The van der Waals surface area contributed by atoms with Gasteiger partial charge in [-0.1, -0.05) is 158 Å². The van der Waals surface area contributed by atoms with Gasteiger partial charge in [-0.3, -0.25) is 4.57 Å². The maximum absolute atomic E-state index is 15.2. The monoisotopic (exact) mass is 788 g/mol. The molecule has 290 valence electrons. The normalized spacial score (nSPS) is 12.0. The van der Waals surface area contributed by atoms with Crippen molar-refractivity contribution in [2.24, 2.45) is 10.7 Å². The molecule has 0 atom stereocenters. The molecule has 0 fully saturated rings. The van der Waals surface area contributed by atoms with Crippen LogP contribution in [0.4, 0.5) is 4.39 Å². The Morgan fingerprint density at radius 3 is 1.80 bits per heavy atom. The van der Waals surface area contributed by atoms with Gasteiger partial charge in [0.15, 0.2) is 5.82 Å². The van der Waals surface area contributed by atoms with Gasteiger partial charge in [0, 0.05) is 38.7 Å². The molecule has 0 spiro atoms. The van der Waals surface area contributed by atoms with Crippen LogP contribution in [0.5, 0.6) is 0 Å². The molecule has 6 nitrogen and oxygen atoms in total. The predicted molar refractivity (Wildman–Crippen MR) is 249 cm³/mol. The molecule has 10 rings (SSSR count). The minimum Gasteiger partial charge on any atom is -0.398 e. The molecule has 0 saturated carbocycles. The van der Waals surface area contributed by atoms with E-state index in [0.717, 1.165) is 66.2 Å². The Bertz CT molecular complexity index is 3260. The van der Waals surface area contributed by atoms with E-state index in [-0.39, 0.29) is 5.82 Å². The van der Waals surface area contributed by atoms with Crippen LogP contribution in [0.25, 0.3) is 83.8 Å². The fraction of sp³-hybridized carbons (Fsp3) is 0. The van der Waals surface area contributed by atoms with Crippen LogP contribution in [0.15, 0.2) is 212 Å². The van der Waals surface area contributed by atoms with Gasteiger partial charge in [0.2, 0.25) is 0 Å². The Morgan fingerprint density at radius 2 is 1.13 bits per heavy atom. The molecule has 0 aliphatic heterocycles. The molecule has 2 N–H and O–H groups in total. The molecular formula is C54H37FN6. The maximum atomic E-state index is 15.2. The summed E-state index contributed by atoms with van der Waals surface area (Å²) in [5.41, 5.74) is 16.4. The van der Waals surface area contributed by atoms with Crippen LogP contribution < -0.4 is 5.73 Å². The van der Waals surface area contributed by atoms with Gasteiger partial charge in [-0.25, -0.2) is 24.3 Å². The summed E-state index contributed by atoms with van der Waals surface area (Å²) in [6, 6.07) is 63.0. The highest BCUT2D eigenvalue weighted by Crippen LogP contribution is 2.38. The van der Waals surface area contributed by atoms with E-state index in [1.165, 1.54) is 6.07 Å². The number of halogens is 1. The number of benzene rings is 7. The lowest BCUT2D eigenvalue weighted by Gasteiger charge is -2.14. The number of nitrogens with two attached hydrogens (primary N) is 1. The first-order valence-electron chi connectivity index (χ1n) is 20.0. The predicted octanol–water partition coefficient (Wildman–Crippen LogP) is 12.7. The van der Waals surface area contributed by atoms with Crippen LogP contribution in [0.1, 0.15) is 16.7 Å². The van der Waals surface area contributed by atoms with Crippen LogP contribution in [0, 0.1) is 5.82 Å². The molecule has 0 aliphatic carbocycles. The van der Waals surface area contributed by atoms with Gasteiger partial charge in [-0.05, 0) is 64.9 Å². The molecule has 7 aromatic carbocycles. The molecule has 0 bridgehead atoms. The Morgan fingerprint density at radius 1 is 0.541 bits per heavy atom. The van der Waals surface area contributed by atoms with Gasteiger partial charge >= 0.3 is 0 Å². The zero-order valence-corrected chi connectivity index (χ0v) is 33.0. The van der Waals surface area contributed by atoms with Crippen molar-refractivity contribution in [3.05, 3.63) is 229 Å². The number of hydrogen-bond acceptors (Lipinski definition) is 5. The summed E-state index contributed by atoms with van der Waals surface area (Å²) in [5.74, 6) is 0.676. The van der Waals surface area contributed by atoms with Gasteiger partial charge in [0.05, 0.1) is 33.8 Å². The Kier molecular flexibility index (Phi) is 9.59. The van der Waals surface area contributed by atoms with Crippen LogP contribution >= 0.6 is 0 Å². The standard InChI is InChI=1S/C54H37FN6/c1-35(57-46(38-19-8-3-9-20-38)33-45(56)37-17-6-2-7-18-37)41-30-49(54-59-47(39-21-10-4-11-22-39)34-48(60-54)40-23-12-5-13-24-40)58-52(31-41)61-50-29-27-42(55)32-44(50)53-43-25-15-14-16-36(43)26-28-51(53)61/h2-34H,1,56H2/b45-33-,57-46+. The lowest BCUT2D eigenvalue weighted by molar-refractivity contribution is 0.629. The van der Waals surface area contributed by atoms with Gasteiger partial charge < -0.3 is 5.73 Å². The summed E-state index contributed by atoms with van der Waals surface area (Å²) in [6.07, 6.45) is 1.88. The molecule has 61 heavy (non-hydrogen) atoms. The summed E-state index contributed by atoms with van der Waals surface area (Å²) in [5, 5.41) is 3.78. The van der Waals surface area contributed by atoms with E-state index in [2.05, 4.69) is 35.4 Å². The summed E-state index contributed by atoms with van der Waals surface area (Å²) in [6.45, 7) is 4.55. The minimum absolute atomic E-state index is 0.319. The highest BCUT2D eigenvalue weighted by molar-refractivity contribution is 6.21. The first-order valence-corrected chi connectivity index (χ1v) is 20.0. The zero-order chi connectivity index (χ0) is 41.3. The molecule has 0 amide bonds. The minimum atomic E-state index is -0.319. The van der Waals surface area contributed by atoms with E-state index in [1.54, 1.807) is 6.07 Å². The first kappa shape index (κ1) is 37.0. The van der Waals surface area contributed by atoms with E-state index in [9.17, 15) is 0 Å². The number of rotatable bonds is 9. The molecule has 0 aliphatic rings. The molecule has 7 heteroatoms. The highest BCUT2D eigenvalue weighted by Gasteiger charge is 2.20. The van der Waals surface area contributed by atoms with Crippen molar-refractivity contribution in [1.29, 1.82) is 0 Å². The lowest BCUT2D eigenvalue weighted by Crippen LogP contribution is -2.05. The maximum Gasteiger partial charge on any atom is 0.179 e. The summed E-state index contributed by atoms with van der Waals surface area (Å²) < 4.78 is 17.2. The van der Waals surface area contributed by atoms with Crippen LogP contribution in [0.3, 0.4) is 0 Å². The van der Waals surface area contributed by atoms with Gasteiger partial charge in [0.1, 0.15) is 17.3 Å². The van der Waals surface area contributed by atoms with Crippen molar-refractivity contribution < 1.29 is 4.39 Å². The zero-order valence-electron chi connectivity index (χ0n) is 33.0. The van der Waals surface area contributed by atoms with Crippen molar-refractivity contribution in [1.82, 2.24) is 19.5 Å². The second-order valence-electron chi connectivity index (χ2n) is 14.7. The number of nitrogens with zero attached hydrogens (tertiary/aromatic N) is 5. The summed E-state index contributed by atoms with van der Waals surface area (Å²) in [7, 11) is 0. The van der Waals surface area contributed by atoms with Crippen molar-refractivity contribution >= 4 is 49.7 Å². The van der Waals surface area contributed by atoms with Crippen molar-refractivity contribution in [2.45, 2.75) is 0 Å². The third-order valence-corrected chi connectivity index (χ3v) is 10.8. The quantitative estimate of drug-likeness (QED) is 0.148. The Balaban J connectivity index is 1.24. The van der Waals surface area contributed by atoms with E-state index in [4.69, 9.17) is 25.7 Å². The average molecular weight is 789 g/mol. The molecule has 3 aromatic heterocycles. The van der Waals surface area contributed by atoms with Gasteiger partial charge in [-0.15, -0.1) is 0 Å². The van der Waals surface area contributed by atoms with Gasteiger partial charge in [-0.2, -0.15) is 0 Å². The van der Waals surface area contributed by atoms with E-state index in [0.29, 0.717) is 40.0 Å². The van der Waals surface area contributed by atoms with E-state index >= 15 is 4.39 Å². The van der Waals surface area contributed by atoms with Crippen LogP contribution in [-0.4, -0.2) is 25.2 Å². The molecule has 10 aromatic rings. The molecule has 0 radical (unpaired) electrons. The van der Waals surface area contributed by atoms with E-state index in [1.807, 2.05) is 164 Å². The topological polar surface area (TPSA) is 82.0 Å². The van der Waals surface area contributed by atoms with E-state index < -0.39 is 0 Å². The molecule has 3 heterocycles. The number of hydrogen-bond donors (Lipinski definition) is 1. The largest absolute Gasteiger partial charge is 0.398 e. The number of fused-ring (bicyclic) bond motifs is 5. The third kappa shape index (κ3) is 7.26. The Labute approximate surface area is 352 Å². The number of pyridine rings is 1. The summed E-state index contributed by atoms with van der Waals surface area (Å²) in [4.78, 5) is 20.8. The molecule has 0 saturated heterocycles. The molecular weight excluding hydrogens is 752 g/mol. The second kappa shape index (κ2) is 15.8. The number of aliphatic imine (C=N–C) groups is 1. The summed E-state index contributed by atoms with van der Waals surface area (Å²) >= 11 is 0. The highest BCUT2D eigenvalue weighted by atomic mass is 19.1. The van der Waals surface area contributed by atoms with Crippen molar-refractivity contribution in [3.63, 3.8) is 0 Å². The van der Waals surface area contributed by atoms with Crippen molar-refractivity contribution in [3.8, 4) is 39.9 Å². The molecule has 0 unspecified atom stereocenters. The lowest BCUT2D eigenvalue weighted by atomic mass is 10.0. The number of aromatic nitrogens is 4. The third-order valence-electron chi connectivity index (χ3n) is 10.8. The van der Waals surface area contributed by atoms with Crippen molar-refractivity contribution in [2.75, 3.05) is 0 Å². The van der Waals surface area contributed by atoms with Gasteiger partial charge in [0.25, 0.3) is 0 Å². The number of allylic oxidation sites excluding steroid dienone is 1. The first-order chi connectivity index (χ1) is 30.0. The fourth-order valence-corrected chi connectivity index (χ4v) is 7.86. The fourth-order valence-electron chi connectivity index (χ4n) is 7.86. The van der Waals surface area contributed by atoms with Crippen LogP contribution in [0.2, 0.25) is 0 Å². The average Bonchev–Trinajstić information content (AvgIpc) is 3.66.